The lowest BCUT2D eigenvalue weighted by Gasteiger charge is -2.26. The lowest BCUT2D eigenvalue weighted by Crippen LogP contribution is -2.34. The highest BCUT2D eigenvalue weighted by molar-refractivity contribution is 9.10. The van der Waals surface area contributed by atoms with Gasteiger partial charge in [0.25, 0.3) is 0 Å². The predicted molar refractivity (Wildman–Crippen MR) is 78.8 cm³/mol. The third-order valence-corrected chi connectivity index (χ3v) is 5.05. The van der Waals surface area contributed by atoms with E-state index >= 15 is 0 Å². The van der Waals surface area contributed by atoms with Crippen LogP contribution < -0.4 is 5.32 Å². The molecule has 1 aromatic rings. The molecule has 0 saturated heterocycles. The molecule has 0 atom stereocenters. The van der Waals surface area contributed by atoms with Crippen molar-refractivity contribution in [3.05, 3.63) is 33.3 Å². The minimum absolute atomic E-state index is 0.110. The summed E-state index contributed by atoms with van der Waals surface area (Å²) >= 11 is 9.45. The molecule has 1 aromatic carbocycles. The van der Waals surface area contributed by atoms with Gasteiger partial charge in [-0.3, -0.25) is 0 Å². The summed E-state index contributed by atoms with van der Waals surface area (Å²) < 4.78 is 0.926. The summed E-state index contributed by atoms with van der Waals surface area (Å²) in [5, 5.41) is 13.7. The quantitative estimate of drug-likeness (QED) is 0.861. The Bertz CT molecular complexity index is 405. The molecule has 0 amide bonds. The first kappa shape index (κ1) is 14.3. The summed E-state index contributed by atoms with van der Waals surface area (Å²) in [4.78, 5) is 0. The van der Waals surface area contributed by atoms with Crippen LogP contribution in [0.3, 0.4) is 0 Å². The van der Waals surface area contributed by atoms with Crippen LogP contribution in [0.15, 0.2) is 22.7 Å². The zero-order valence-electron chi connectivity index (χ0n) is 10.4. The predicted octanol–water partition coefficient (Wildman–Crippen LogP) is 3.74. The summed E-state index contributed by atoms with van der Waals surface area (Å²) in [6.07, 6.45) is 4.76. The van der Waals surface area contributed by atoms with Gasteiger partial charge in [-0.1, -0.05) is 30.5 Å². The minimum Gasteiger partial charge on any atom is -0.396 e. The Labute approximate surface area is 122 Å². The van der Waals surface area contributed by atoms with Crippen molar-refractivity contribution < 1.29 is 5.11 Å². The van der Waals surface area contributed by atoms with Gasteiger partial charge in [0.2, 0.25) is 0 Å². The number of nitrogens with one attached hydrogen (secondary N) is 1. The van der Waals surface area contributed by atoms with Gasteiger partial charge >= 0.3 is 0 Å². The second kappa shape index (κ2) is 6.38. The van der Waals surface area contributed by atoms with Crippen LogP contribution in [0.5, 0.6) is 0 Å². The number of hydrogen-bond donors (Lipinski definition) is 2. The molecule has 2 rings (SSSR count). The van der Waals surface area contributed by atoms with Crippen LogP contribution in [0.2, 0.25) is 5.02 Å². The van der Waals surface area contributed by atoms with Crippen LogP contribution in [0.25, 0.3) is 0 Å². The van der Waals surface area contributed by atoms with E-state index in [9.17, 15) is 5.11 Å². The maximum Gasteiger partial charge on any atom is 0.0551 e. The molecule has 18 heavy (non-hydrogen) atoms. The standard InChI is InChI=1S/C14H19BrClNO/c15-12-4-3-11(7-13(12)16)8-17-9-14(10-18)5-1-2-6-14/h3-4,7,17-18H,1-2,5-6,8-10H2. The van der Waals surface area contributed by atoms with Gasteiger partial charge in [-0.25, -0.2) is 0 Å². The smallest absolute Gasteiger partial charge is 0.0551 e. The Hall–Kier alpha value is -0.0900. The minimum atomic E-state index is 0.110. The first-order valence-electron chi connectivity index (χ1n) is 6.41. The van der Waals surface area contributed by atoms with Gasteiger partial charge in [-0.2, -0.15) is 0 Å². The molecule has 0 aliphatic heterocycles. The number of rotatable bonds is 5. The first-order chi connectivity index (χ1) is 8.65. The fourth-order valence-electron chi connectivity index (χ4n) is 2.64. The highest BCUT2D eigenvalue weighted by Gasteiger charge is 2.32. The Morgan fingerprint density at radius 1 is 1.33 bits per heavy atom. The molecule has 0 heterocycles. The van der Waals surface area contributed by atoms with Crippen molar-refractivity contribution in [3.63, 3.8) is 0 Å². The van der Waals surface area contributed by atoms with Gasteiger partial charge in [0.05, 0.1) is 5.02 Å². The van der Waals surface area contributed by atoms with Crippen molar-refractivity contribution in [2.24, 2.45) is 5.41 Å². The van der Waals surface area contributed by atoms with Gasteiger partial charge < -0.3 is 10.4 Å². The fraction of sp³-hybridized carbons (Fsp3) is 0.571. The van der Waals surface area contributed by atoms with E-state index in [0.29, 0.717) is 6.61 Å². The summed E-state index contributed by atoms with van der Waals surface area (Å²) in [5.41, 5.74) is 1.29. The van der Waals surface area contributed by atoms with Gasteiger partial charge in [0.1, 0.15) is 0 Å². The summed E-state index contributed by atoms with van der Waals surface area (Å²) in [6.45, 7) is 1.98. The first-order valence-corrected chi connectivity index (χ1v) is 7.58. The summed E-state index contributed by atoms with van der Waals surface area (Å²) in [5.74, 6) is 0. The van der Waals surface area contributed by atoms with E-state index in [-0.39, 0.29) is 5.41 Å². The topological polar surface area (TPSA) is 32.3 Å². The Morgan fingerprint density at radius 3 is 2.67 bits per heavy atom. The molecule has 0 spiro atoms. The van der Waals surface area contributed by atoms with E-state index in [0.717, 1.165) is 35.4 Å². The van der Waals surface area contributed by atoms with Crippen molar-refractivity contribution in [1.82, 2.24) is 5.32 Å². The molecule has 0 aromatic heterocycles. The fourth-order valence-corrected chi connectivity index (χ4v) is 3.09. The van der Waals surface area contributed by atoms with Crippen molar-refractivity contribution in [1.29, 1.82) is 0 Å². The van der Waals surface area contributed by atoms with Crippen LogP contribution in [-0.4, -0.2) is 18.3 Å². The zero-order chi connectivity index (χ0) is 13.0. The number of halogens is 2. The maximum atomic E-state index is 9.53. The molecule has 100 valence electrons. The van der Waals surface area contributed by atoms with Gasteiger partial charge in [-0.05, 0) is 46.5 Å². The molecule has 2 nitrogen and oxygen atoms in total. The maximum absolute atomic E-state index is 9.53. The summed E-state index contributed by atoms with van der Waals surface area (Å²) in [6, 6.07) is 6.00. The number of benzene rings is 1. The monoisotopic (exact) mass is 331 g/mol. The molecule has 2 N–H and O–H groups in total. The van der Waals surface area contributed by atoms with E-state index in [1.54, 1.807) is 0 Å². The number of aliphatic hydroxyl groups excluding tert-OH is 1. The van der Waals surface area contributed by atoms with Gasteiger partial charge in [0, 0.05) is 29.6 Å². The molecule has 1 saturated carbocycles. The van der Waals surface area contributed by atoms with Crippen molar-refractivity contribution in [3.8, 4) is 0 Å². The summed E-state index contributed by atoms with van der Waals surface area (Å²) in [7, 11) is 0. The zero-order valence-corrected chi connectivity index (χ0v) is 12.7. The molecule has 1 fully saturated rings. The molecule has 1 aliphatic rings. The van der Waals surface area contributed by atoms with Crippen LogP contribution in [-0.2, 0) is 6.54 Å². The Balaban J connectivity index is 1.86. The van der Waals surface area contributed by atoms with Crippen LogP contribution in [0, 0.1) is 5.41 Å². The van der Waals surface area contributed by atoms with E-state index in [4.69, 9.17) is 11.6 Å². The van der Waals surface area contributed by atoms with Crippen molar-refractivity contribution in [2.45, 2.75) is 32.2 Å². The van der Waals surface area contributed by atoms with Gasteiger partial charge in [0.15, 0.2) is 0 Å². The molecule has 0 radical (unpaired) electrons. The average Bonchev–Trinajstić information content (AvgIpc) is 2.83. The van der Waals surface area contributed by atoms with Gasteiger partial charge in [-0.15, -0.1) is 0 Å². The largest absolute Gasteiger partial charge is 0.396 e. The van der Waals surface area contributed by atoms with E-state index < -0.39 is 0 Å². The number of aliphatic hydroxyl groups is 1. The number of hydrogen-bond acceptors (Lipinski definition) is 2. The van der Waals surface area contributed by atoms with E-state index in [1.807, 2.05) is 12.1 Å². The Morgan fingerprint density at radius 2 is 2.06 bits per heavy atom. The Kier molecular flexibility index (Phi) is 5.07. The molecule has 1 aliphatic carbocycles. The molecule has 0 bridgehead atoms. The third kappa shape index (κ3) is 3.47. The molecule has 4 heteroatoms. The normalized spacial score (nSPS) is 18.2. The third-order valence-electron chi connectivity index (χ3n) is 3.81. The SMILES string of the molecule is OCC1(CNCc2ccc(Br)c(Cl)c2)CCCC1. The highest BCUT2D eigenvalue weighted by Crippen LogP contribution is 2.36. The molecular weight excluding hydrogens is 314 g/mol. The van der Waals surface area contributed by atoms with E-state index in [1.165, 1.54) is 18.4 Å². The highest BCUT2D eigenvalue weighted by atomic mass is 79.9. The van der Waals surface area contributed by atoms with Crippen LogP contribution >= 0.6 is 27.5 Å². The second-order valence-electron chi connectivity index (χ2n) is 5.22. The lowest BCUT2D eigenvalue weighted by molar-refractivity contribution is 0.128. The molecule has 0 unspecified atom stereocenters. The lowest BCUT2D eigenvalue weighted by atomic mass is 9.87. The van der Waals surface area contributed by atoms with Crippen LogP contribution in [0.4, 0.5) is 0 Å². The average molecular weight is 333 g/mol. The van der Waals surface area contributed by atoms with Crippen molar-refractivity contribution in [2.75, 3.05) is 13.2 Å². The van der Waals surface area contributed by atoms with Crippen LogP contribution in [0.1, 0.15) is 31.2 Å². The molecular formula is C14H19BrClNO. The van der Waals surface area contributed by atoms with Crippen molar-refractivity contribution >= 4 is 27.5 Å². The second-order valence-corrected chi connectivity index (χ2v) is 6.48. The van der Waals surface area contributed by atoms with E-state index in [2.05, 4.69) is 27.3 Å².